The van der Waals surface area contributed by atoms with E-state index in [1.54, 1.807) is 26.1 Å². The number of hydrogen-bond acceptors (Lipinski definition) is 6. The molecule has 0 amide bonds. The second-order valence-electron chi connectivity index (χ2n) is 5.81. The molecule has 136 valence electrons. The molecule has 0 aliphatic carbocycles. The lowest BCUT2D eigenvalue weighted by Crippen LogP contribution is -2.29. The first kappa shape index (κ1) is 19.2. The maximum absolute atomic E-state index is 12.6. The minimum Gasteiger partial charge on any atom is -0.489 e. The van der Waals surface area contributed by atoms with Gasteiger partial charge in [-0.15, -0.1) is 0 Å². The first-order chi connectivity index (χ1) is 12.4. The van der Waals surface area contributed by atoms with Crippen LogP contribution in [0, 0.1) is 11.3 Å². The first-order valence-electron chi connectivity index (χ1n) is 8.24. The molecule has 1 atom stereocenters. The predicted molar refractivity (Wildman–Crippen MR) is 95.3 cm³/mol. The van der Waals surface area contributed by atoms with Crippen LogP contribution in [-0.4, -0.2) is 29.2 Å². The number of benzene rings is 1. The quantitative estimate of drug-likeness (QED) is 0.737. The largest absolute Gasteiger partial charge is 0.489 e. The van der Waals surface area contributed by atoms with E-state index in [0.717, 1.165) is 5.56 Å². The van der Waals surface area contributed by atoms with Crippen molar-refractivity contribution < 1.29 is 14.3 Å². The Kier molecular flexibility index (Phi) is 6.12. The molecular formula is C19H21N3O4. The average Bonchev–Trinajstić information content (AvgIpc) is 2.64. The molecule has 0 fully saturated rings. The highest BCUT2D eigenvalue weighted by atomic mass is 16.5. The van der Waals surface area contributed by atoms with Crippen molar-refractivity contribution in [2.24, 2.45) is 7.05 Å². The molecule has 0 N–H and O–H groups in total. The minimum atomic E-state index is -0.701. The van der Waals surface area contributed by atoms with Gasteiger partial charge in [-0.25, -0.2) is 9.78 Å². The van der Waals surface area contributed by atoms with Crippen LogP contribution < -0.4 is 10.3 Å². The van der Waals surface area contributed by atoms with Crippen LogP contribution in [0.25, 0.3) is 0 Å². The summed E-state index contributed by atoms with van der Waals surface area (Å²) in [6.07, 6.45) is 0.499. The monoisotopic (exact) mass is 355 g/mol. The summed E-state index contributed by atoms with van der Waals surface area (Å²) in [6.45, 7) is 3.73. The van der Waals surface area contributed by atoms with Crippen molar-refractivity contribution in [3.8, 4) is 11.8 Å². The number of ether oxygens (including phenoxy) is 2. The summed E-state index contributed by atoms with van der Waals surface area (Å²) in [7, 11) is 2.89. The molecule has 0 aliphatic rings. The van der Waals surface area contributed by atoms with Crippen molar-refractivity contribution in [2.45, 2.75) is 26.2 Å². The highest BCUT2D eigenvalue weighted by Crippen LogP contribution is 2.22. The molecule has 1 heterocycles. The second-order valence-corrected chi connectivity index (χ2v) is 5.81. The van der Waals surface area contributed by atoms with Crippen LogP contribution in [0.5, 0.6) is 5.75 Å². The summed E-state index contributed by atoms with van der Waals surface area (Å²) in [5.74, 6) is -0.625. The van der Waals surface area contributed by atoms with E-state index in [9.17, 15) is 14.9 Å². The van der Waals surface area contributed by atoms with Gasteiger partial charge in [-0.3, -0.25) is 9.36 Å². The van der Waals surface area contributed by atoms with Gasteiger partial charge in [0.2, 0.25) is 5.75 Å². The summed E-state index contributed by atoms with van der Waals surface area (Å²) in [5.41, 5.74) is 0.836. The van der Waals surface area contributed by atoms with Gasteiger partial charge in [0.25, 0.3) is 5.56 Å². The predicted octanol–water partition coefficient (Wildman–Crippen LogP) is 2.18. The van der Waals surface area contributed by atoms with Crippen molar-refractivity contribution in [3.05, 3.63) is 57.3 Å². The van der Waals surface area contributed by atoms with E-state index >= 15 is 0 Å². The fourth-order valence-corrected chi connectivity index (χ4v) is 2.79. The zero-order chi connectivity index (χ0) is 19.3. The van der Waals surface area contributed by atoms with Gasteiger partial charge in [0.15, 0.2) is 5.69 Å². The lowest BCUT2D eigenvalue weighted by Gasteiger charge is -2.18. The number of methoxy groups -OCH3 is 1. The van der Waals surface area contributed by atoms with Crippen LogP contribution >= 0.6 is 0 Å². The van der Waals surface area contributed by atoms with E-state index in [2.05, 4.69) is 11.1 Å². The van der Waals surface area contributed by atoms with Crippen LogP contribution in [-0.2, 0) is 18.2 Å². The summed E-state index contributed by atoms with van der Waals surface area (Å²) in [4.78, 5) is 29.1. The van der Waals surface area contributed by atoms with Crippen LogP contribution in [0.4, 0.5) is 0 Å². The molecule has 2 rings (SSSR count). The van der Waals surface area contributed by atoms with Crippen LogP contribution in [0.3, 0.4) is 0 Å². The number of carbonyl (C=O) groups excluding carboxylic acids is 1. The van der Waals surface area contributed by atoms with Gasteiger partial charge >= 0.3 is 5.97 Å². The van der Waals surface area contributed by atoms with Gasteiger partial charge in [0, 0.05) is 13.0 Å². The Balaban J connectivity index is 2.50. The molecular weight excluding hydrogens is 334 g/mol. The van der Waals surface area contributed by atoms with Gasteiger partial charge in [-0.1, -0.05) is 25.1 Å². The third kappa shape index (κ3) is 3.75. The number of nitriles is 1. The molecule has 1 aromatic heterocycles. The Morgan fingerprint density at radius 1 is 1.38 bits per heavy atom. The van der Waals surface area contributed by atoms with Gasteiger partial charge in [0.1, 0.15) is 5.82 Å². The minimum absolute atomic E-state index is 0.132. The Morgan fingerprint density at radius 2 is 2.08 bits per heavy atom. The molecule has 1 aromatic carbocycles. The van der Waals surface area contributed by atoms with E-state index in [1.165, 1.54) is 11.7 Å². The molecule has 7 heteroatoms. The van der Waals surface area contributed by atoms with Crippen molar-refractivity contribution in [1.29, 1.82) is 5.26 Å². The van der Waals surface area contributed by atoms with Crippen molar-refractivity contribution in [2.75, 3.05) is 13.7 Å². The zero-order valence-electron chi connectivity index (χ0n) is 15.3. The third-order valence-electron chi connectivity index (χ3n) is 4.06. The van der Waals surface area contributed by atoms with Crippen molar-refractivity contribution >= 4 is 5.97 Å². The normalized spacial score (nSPS) is 11.5. The fraction of sp³-hybridized carbons (Fsp3) is 0.368. The van der Waals surface area contributed by atoms with Crippen molar-refractivity contribution in [1.82, 2.24) is 9.55 Å². The molecule has 2 aromatic rings. The number of hydrogen-bond donors (Lipinski definition) is 0. The SMILES string of the molecule is CCOC(=O)c1nc(C(C)Cc2ccccc2C#N)n(C)c(=O)c1OC. The van der Waals surface area contributed by atoms with Crippen LogP contribution in [0.2, 0.25) is 0 Å². The maximum atomic E-state index is 12.6. The molecule has 0 bridgehead atoms. The zero-order valence-corrected chi connectivity index (χ0v) is 15.3. The molecule has 0 saturated carbocycles. The Morgan fingerprint density at radius 3 is 2.69 bits per heavy atom. The van der Waals surface area contributed by atoms with Crippen LogP contribution in [0.15, 0.2) is 29.1 Å². The Bertz CT molecular complexity index is 912. The maximum Gasteiger partial charge on any atom is 0.361 e. The van der Waals surface area contributed by atoms with Gasteiger partial charge in [0.05, 0.1) is 25.3 Å². The molecule has 7 nitrogen and oxygen atoms in total. The van der Waals surface area contributed by atoms with Gasteiger partial charge in [-0.2, -0.15) is 5.26 Å². The molecule has 0 aliphatic heterocycles. The number of esters is 1. The highest BCUT2D eigenvalue weighted by Gasteiger charge is 2.24. The fourth-order valence-electron chi connectivity index (χ4n) is 2.79. The number of nitrogens with zero attached hydrogens (tertiary/aromatic N) is 3. The van der Waals surface area contributed by atoms with Gasteiger partial charge < -0.3 is 9.47 Å². The standard InChI is InChI=1S/C19H21N3O4/c1-5-26-19(24)15-16(25-4)18(23)22(3)17(21-15)12(2)10-13-8-6-7-9-14(13)11-20/h6-9,12H,5,10H2,1-4H3. The topological polar surface area (TPSA) is 94.2 Å². The molecule has 0 saturated heterocycles. The van der Waals surface area contributed by atoms with Gasteiger partial charge in [-0.05, 0) is 25.0 Å². The van der Waals surface area contributed by atoms with Crippen molar-refractivity contribution in [3.63, 3.8) is 0 Å². The van der Waals surface area contributed by atoms with E-state index in [4.69, 9.17) is 9.47 Å². The lowest BCUT2D eigenvalue weighted by atomic mass is 9.96. The average molecular weight is 355 g/mol. The summed E-state index contributed by atoms with van der Waals surface area (Å²) in [5, 5.41) is 9.25. The smallest absolute Gasteiger partial charge is 0.361 e. The van der Waals surface area contributed by atoms with E-state index in [-0.39, 0.29) is 24.0 Å². The Labute approximate surface area is 151 Å². The van der Waals surface area contributed by atoms with E-state index < -0.39 is 11.5 Å². The van der Waals surface area contributed by atoms with E-state index in [0.29, 0.717) is 17.8 Å². The summed E-state index contributed by atoms with van der Waals surface area (Å²) < 4.78 is 11.4. The Hall–Kier alpha value is -3.14. The molecule has 0 spiro atoms. The summed E-state index contributed by atoms with van der Waals surface area (Å²) >= 11 is 0. The van der Waals surface area contributed by atoms with Crippen LogP contribution in [0.1, 0.15) is 47.2 Å². The molecule has 0 radical (unpaired) electrons. The number of aromatic nitrogens is 2. The highest BCUT2D eigenvalue weighted by molar-refractivity contribution is 5.90. The second kappa shape index (κ2) is 8.30. The molecule has 1 unspecified atom stereocenters. The summed E-state index contributed by atoms with van der Waals surface area (Å²) in [6, 6.07) is 9.42. The lowest BCUT2D eigenvalue weighted by molar-refractivity contribution is 0.0514. The molecule has 26 heavy (non-hydrogen) atoms. The number of carbonyl (C=O) groups is 1. The third-order valence-corrected chi connectivity index (χ3v) is 4.06. The first-order valence-corrected chi connectivity index (χ1v) is 8.24. The number of rotatable bonds is 6. The van der Waals surface area contributed by atoms with E-state index in [1.807, 2.05) is 19.1 Å².